The van der Waals surface area contributed by atoms with E-state index < -0.39 is 0 Å². The Balaban J connectivity index is 2.88. The molecule has 0 radical (unpaired) electrons. The van der Waals surface area contributed by atoms with E-state index in [1.807, 2.05) is 13.3 Å². The second-order valence-corrected chi connectivity index (χ2v) is 3.91. The van der Waals surface area contributed by atoms with E-state index in [9.17, 15) is 0 Å². The third-order valence-electron chi connectivity index (χ3n) is 2.61. The first-order valence-corrected chi connectivity index (χ1v) is 5.50. The van der Waals surface area contributed by atoms with Gasteiger partial charge in [0.2, 0.25) is 0 Å². The smallest absolute Gasteiger partial charge is 0.0675 e. The third kappa shape index (κ3) is 3.39. The molecular formula is C13H20N2. The summed E-state index contributed by atoms with van der Waals surface area (Å²) < 4.78 is 0. The topological polar surface area (TPSA) is 24.4 Å². The van der Waals surface area contributed by atoms with E-state index in [4.69, 9.17) is 0 Å². The van der Waals surface area contributed by atoms with E-state index in [-0.39, 0.29) is 0 Å². The summed E-state index contributed by atoms with van der Waals surface area (Å²) in [6.45, 7) is 6.44. The Morgan fingerprint density at radius 3 is 2.80 bits per heavy atom. The Morgan fingerprint density at radius 2 is 2.20 bits per heavy atom. The van der Waals surface area contributed by atoms with Crippen LogP contribution in [0.3, 0.4) is 0 Å². The van der Waals surface area contributed by atoms with E-state index in [1.165, 1.54) is 5.56 Å². The molecule has 0 heterocycles. The van der Waals surface area contributed by atoms with Gasteiger partial charge < -0.3 is 5.32 Å². The van der Waals surface area contributed by atoms with Crippen molar-refractivity contribution < 1.29 is 0 Å². The van der Waals surface area contributed by atoms with Crippen LogP contribution in [0.5, 0.6) is 0 Å². The third-order valence-corrected chi connectivity index (χ3v) is 2.61. The van der Waals surface area contributed by atoms with Gasteiger partial charge in [0.1, 0.15) is 0 Å². The molecule has 0 aromatic heterocycles. The minimum Gasteiger partial charge on any atom is -0.388 e. The number of aryl methyl sites for hydroxylation is 1. The molecule has 0 amide bonds. The molecule has 1 atom stereocenters. The fraction of sp³-hybridized carbons (Fsp3) is 0.462. The molecule has 0 saturated carbocycles. The summed E-state index contributed by atoms with van der Waals surface area (Å²) in [4.78, 5) is 4.52. The van der Waals surface area contributed by atoms with E-state index in [0.717, 1.165) is 17.8 Å². The zero-order chi connectivity index (χ0) is 11.3. The van der Waals surface area contributed by atoms with Gasteiger partial charge in [-0.3, -0.25) is 4.99 Å². The summed E-state index contributed by atoms with van der Waals surface area (Å²) in [6, 6.07) is 6.24. The summed E-state index contributed by atoms with van der Waals surface area (Å²) in [6.07, 6.45) is 3.16. The van der Waals surface area contributed by atoms with Gasteiger partial charge in [-0.1, -0.05) is 19.9 Å². The van der Waals surface area contributed by atoms with Crippen LogP contribution in [0, 0.1) is 12.8 Å². The Bertz CT molecular complexity index is 342. The monoisotopic (exact) mass is 204 g/mol. The summed E-state index contributed by atoms with van der Waals surface area (Å²) in [5.41, 5.74) is 3.38. The van der Waals surface area contributed by atoms with Crippen LogP contribution in [0.1, 0.15) is 25.8 Å². The van der Waals surface area contributed by atoms with Crippen LogP contribution < -0.4 is 5.32 Å². The van der Waals surface area contributed by atoms with Crippen LogP contribution in [0.15, 0.2) is 23.2 Å². The van der Waals surface area contributed by atoms with Gasteiger partial charge >= 0.3 is 0 Å². The van der Waals surface area contributed by atoms with Gasteiger partial charge in [0.15, 0.2) is 0 Å². The van der Waals surface area contributed by atoms with Gasteiger partial charge in [-0.25, -0.2) is 0 Å². The molecule has 82 valence electrons. The van der Waals surface area contributed by atoms with Crippen molar-refractivity contribution in [3.05, 3.63) is 23.8 Å². The molecule has 2 heteroatoms. The molecule has 0 aliphatic heterocycles. The van der Waals surface area contributed by atoms with Crippen molar-refractivity contribution in [3.8, 4) is 0 Å². The van der Waals surface area contributed by atoms with Crippen molar-refractivity contribution in [2.24, 2.45) is 10.9 Å². The van der Waals surface area contributed by atoms with Crippen LogP contribution in [-0.4, -0.2) is 13.3 Å². The van der Waals surface area contributed by atoms with Crippen molar-refractivity contribution in [2.75, 3.05) is 12.4 Å². The molecule has 0 bridgehead atoms. The first-order valence-electron chi connectivity index (χ1n) is 5.50. The first-order chi connectivity index (χ1) is 7.17. The number of nitrogens with zero attached hydrogens (tertiary/aromatic N) is 1. The van der Waals surface area contributed by atoms with Gasteiger partial charge in [0.05, 0.1) is 5.69 Å². The standard InChI is InChI=1S/C13H20N2/c1-5-10(2)9-15-13-8-12(14-4)7-6-11(13)3/h6-10,14H,5H2,1-4H3. The van der Waals surface area contributed by atoms with Crippen molar-refractivity contribution in [1.29, 1.82) is 0 Å². The van der Waals surface area contributed by atoms with Gasteiger partial charge in [-0.2, -0.15) is 0 Å². The van der Waals surface area contributed by atoms with E-state index in [2.05, 4.69) is 49.3 Å². The molecule has 0 spiro atoms. The molecule has 0 aliphatic rings. The zero-order valence-corrected chi connectivity index (χ0v) is 10.0. The van der Waals surface area contributed by atoms with E-state index >= 15 is 0 Å². The van der Waals surface area contributed by atoms with Gasteiger partial charge in [0, 0.05) is 18.9 Å². The van der Waals surface area contributed by atoms with E-state index in [1.54, 1.807) is 0 Å². The predicted molar refractivity (Wildman–Crippen MR) is 68.3 cm³/mol. The number of hydrogen-bond acceptors (Lipinski definition) is 2. The number of hydrogen-bond donors (Lipinski definition) is 1. The molecule has 0 fully saturated rings. The van der Waals surface area contributed by atoms with Gasteiger partial charge in [0.25, 0.3) is 0 Å². The summed E-state index contributed by atoms with van der Waals surface area (Å²) in [5.74, 6) is 0.544. The number of anilines is 1. The quantitative estimate of drug-likeness (QED) is 0.741. The van der Waals surface area contributed by atoms with Crippen molar-refractivity contribution in [3.63, 3.8) is 0 Å². The van der Waals surface area contributed by atoms with Crippen LogP contribution in [0.2, 0.25) is 0 Å². The Morgan fingerprint density at radius 1 is 1.47 bits per heavy atom. The molecule has 1 rings (SSSR count). The first kappa shape index (κ1) is 11.8. The van der Waals surface area contributed by atoms with E-state index in [0.29, 0.717) is 5.92 Å². The summed E-state index contributed by atoms with van der Waals surface area (Å²) >= 11 is 0. The highest BCUT2D eigenvalue weighted by Crippen LogP contribution is 2.22. The maximum absolute atomic E-state index is 4.52. The van der Waals surface area contributed by atoms with Crippen LogP contribution in [0.4, 0.5) is 11.4 Å². The number of benzene rings is 1. The van der Waals surface area contributed by atoms with Crippen molar-refractivity contribution in [2.45, 2.75) is 27.2 Å². The number of nitrogens with one attached hydrogen (secondary N) is 1. The maximum atomic E-state index is 4.52. The zero-order valence-electron chi connectivity index (χ0n) is 10.0. The molecule has 1 N–H and O–H groups in total. The van der Waals surface area contributed by atoms with Crippen LogP contribution in [-0.2, 0) is 0 Å². The largest absolute Gasteiger partial charge is 0.388 e. The molecule has 1 aromatic carbocycles. The molecule has 0 saturated heterocycles. The molecule has 1 aromatic rings. The Labute approximate surface area is 92.4 Å². The van der Waals surface area contributed by atoms with Gasteiger partial charge in [-0.15, -0.1) is 0 Å². The second-order valence-electron chi connectivity index (χ2n) is 3.91. The molecule has 15 heavy (non-hydrogen) atoms. The molecule has 2 nitrogen and oxygen atoms in total. The predicted octanol–water partition coefficient (Wildman–Crippen LogP) is 3.79. The SMILES string of the molecule is CCC(C)C=Nc1cc(NC)ccc1C. The lowest BCUT2D eigenvalue weighted by Gasteiger charge is -2.05. The highest BCUT2D eigenvalue weighted by molar-refractivity contribution is 5.68. The highest BCUT2D eigenvalue weighted by atomic mass is 14.8. The van der Waals surface area contributed by atoms with Crippen molar-refractivity contribution in [1.82, 2.24) is 0 Å². The minimum absolute atomic E-state index is 0.544. The van der Waals surface area contributed by atoms with Gasteiger partial charge in [-0.05, 0) is 37.0 Å². The Kier molecular flexibility index (Phi) is 4.35. The number of aliphatic imine (C=N–C) groups is 1. The normalized spacial score (nSPS) is 13.1. The average Bonchev–Trinajstić information content (AvgIpc) is 2.27. The maximum Gasteiger partial charge on any atom is 0.0675 e. The number of rotatable bonds is 4. The fourth-order valence-electron chi connectivity index (χ4n) is 1.22. The fourth-order valence-corrected chi connectivity index (χ4v) is 1.22. The highest BCUT2D eigenvalue weighted by Gasteiger charge is 1.98. The second kappa shape index (κ2) is 5.54. The summed E-state index contributed by atoms with van der Waals surface area (Å²) in [7, 11) is 1.92. The minimum atomic E-state index is 0.544. The average molecular weight is 204 g/mol. The molecule has 1 unspecified atom stereocenters. The van der Waals surface area contributed by atoms with Crippen LogP contribution in [0.25, 0.3) is 0 Å². The lowest BCUT2D eigenvalue weighted by atomic mass is 10.1. The lowest BCUT2D eigenvalue weighted by molar-refractivity contribution is 0.754. The molecular weight excluding hydrogens is 184 g/mol. The Hall–Kier alpha value is -1.31. The van der Waals surface area contributed by atoms with Crippen molar-refractivity contribution >= 4 is 17.6 Å². The molecule has 0 aliphatic carbocycles. The van der Waals surface area contributed by atoms with Crippen LogP contribution >= 0.6 is 0 Å². The lowest BCUT2D eigenvalue weighted by Crippen LogP contribution is -1.92. The summed E-state index contributed by atoms with van der Waals surface area (Å²) in [5, 5.41) is 3.12.